The molecule has 158 valence electrons. The highest BCUT2D eigenvalue weighted by Gasteiger charge is 2.23. The quantitative estimate of drug-likeness (QED) is 0.599. The molecule has 0 amide bonds. The highest BCUT2D eigenvalue weighted by molar-refractivity contribution is 5.91. The number of hydrogen-bond donors (Lipinski definition) is 3. The first-order valence-electron chi connectivity index (χ1n) is 10.9. The van der Waals surface area contributed by atoms with Crippen LogP contribution in [0.3, 0.4) is 0 Å². The molecule has 8 nitrogen and oxygen atoms in total. The van der Waals surface area contributed by atoms with Crippen LogP contribution in [-0.2, 0) is 4.74 Å². The Kier molecular flexibility index (Phi) is 5.50. The van der Waals surface area contributed by atoms with E-state index < -0.39 is 0 Å². The van der Waals surface area contributed by atoms with Crippen molar-refractivity contribution in [2.24, 2.45) is 0 Å². The summed E-state index contributed by atoms with van der Waals surface area (Å²) in [4.78, 5) is 19.6. The molecule has 2 fully saturated rings. The Morgan fingerprint density at radius 2 is 2.00 bits per heavy atom. The molecule has 8 heteroatoms. The number of nitrogens with zero attached hydrogens (tertiary/aromatic N) is 4. The van der Waals surface area contributed by atoms with Gasteiger partial charge in [-0.15, -0.1) is 0 Å². The first-order valence-corrected chi connectivity index (χ1v) is 10.9. The van der Waals surface area contributed by atoms with E-state index in [4.69, 9.17) is 9.72 Å². The lowest BCUT2D eigenvalue weighted by atomic mass is 9.92. The minimum Gasteiger partial charge on any atom is -0.381 e. The maximum atomic E-state index is 5.55. The first-order chi connectivity index (χ1) is 14.8. The molecule has 0 bridgehead atoms. The maximum Gasteiger partial charge on any atom is 0.143 e. The molecule has 3 aromatic rings. The van der Waals surface area contributed by atoms with Crippen LogP contribution in [0.5, 0.6) is 0 Å². The van der Waals surface area contributed by atoms with Gasteiger partial charge in [0.2, 0.25) is 0 Å². The fourth-order valence-electron chi connectivity index (χ4n) is 4.46. The minimum atomic E-state index is 0.0309. The van der Waals surface area contributed by atoms with E-state index in [2.05, 4.69) is 61.8 Å². The Labute approximate surface area is 176 Å². The van der Waals surface area contributed by atoms with Crippen LogP contribution in [0, 0.1) is 0 Å². The smallest absolute Gasteiger partial charge is 0.143 e. The average molecular weight is 408 g/mol. The van der Waals surface area contributed by atoms with Crippen LogP contribution < -0.4 is 15.5 Å². The number of fused-ring (bicyclic) bond motifs is 1. The number of rotatable bonds is 5. The zero-order valence-corrected chi connectivity index (χ0v) is 17.4. The van der Waals surface area contributed by atoms with Gasteiger partial charge in [-0.3, -0.25) is 0 Å². The van der Waals surface area contributed by atoms with Crippen molar-refractivity contribution >= 4 is 22.7 Å². The largest absolute Gasteiger partial charge is 0.381 e. The third kappa shape index (κ3) is 3.85. The number of piperazine rings is 1. The highest BCUT2D eigenvalue weighted by Crippen LogP contribution is 2.35. The normalized spacial score (nSPS) is 19.2. The SMILES string of the molecule is CC(Nc1ncnc2[nH]cc(C3CCOCC3)c12)c1cccc(N2CCNCC2)n1. The van der Waals surface area contributed by atoms with Crippen LogP contribution in [0.1, 0.15) is 43.0 Å². The molecule has 1 atom stereocenters. The summed E-state index contributed by atoms with van der Waals surface area (Å²) in [6.45, 7) is 7.74. The molecule has 5 heterocycles. The number of H-pyrrole nitrogens is 1. The maximum absolute atomic E-state index is 5.55. The summed E-state index contributed by atoms with van der Waals surface area (Å²) in [6.07, 6.45) is 5.77. The van der Waals surface area contributed by atoms with Crippen molar-refractivity contribution < 1.29 is 4.74 Å². The van der Waals surface area contributed by atoms with Gasteiger partial charge in [-0.2, -0.15) is 0 Å². The van der Waals surface area contributed by atoms with E-state index in [1.54, 1.807) is 6.33 Å². The van der Waals surface area contributed by atoms with Crippen molar-refractivity contribution in [2.45, 2.75) is 31.7 Å². The van der Waals surface area contributed by atoms with E-state index in [0.29, 0.717) is 5.92 Å². The van der Waals surface area contributed by atoms with E-state index in [-0.39, 0.29) is 6.04 Å². The minimum absolute atomic E-state index is 0.0309. The summed E-state index contributed by atoms with van der Waals surface area (Å²) in [7, 11) is 0. The van der Waals surface area contributed by atoms with Gasteiger partial charge in [0.25, 0.3) is 0 Å². The van der Waals surface area contributed by atoms with Gasteiger partial charge in [0.15, 0.2) is 0 Å². The Balaban J connectivity index is 1.41. The number of hydrogen-bond acceptors (Lipinski definition) is 7. The van der Waals surface area contributed by atoms with Crippen molar-refractivity contribution in [3.8, 4) is 0 Å². The van der Waals surface area contributed by atoms with Crippen LogP contribution in [0.15, 0.2) is 30.7 Å². The molecule has 2 aliphatic rings. The number of aromatic nitrogens is 4. The Morgan fingerprint density at radius 1 is 1.17 bits per heavy atom. The van der Waals surface area contributed by atoms with Gasteiger partial charge in [0, 0.05) is 45.6 Å². The topological polar surface area (TPSA) is 91.0 Å². The zero-order chi connectivity index (χ0) is 20.3. The highest BCUT2D eigenvalue weighted by atomic mass is 16.5. The molecular formula is C22H29N7O. The third-order valence-corrected chi connectivity index (χ3v) is 6.16. The summed E-state index contributed by atoms with van der Waals surface area (Å²) in [6, 6.07) is 6.30. The number of anilines is 2. The monoisotopic (exact) mass is 407 g/mol. The van der Waals surface area contributed by atoms with Crippen molar-refractivity contribution in [2.75, 3.05) is 49.6 Å². The molecular weight excluding hydrogens is 378 g/mol. The summed E-state index contributed by atoms with van der Waals surface area (Å²) in [5.74, 6) is 2.38. The van der Waals surface area contributed by atoms with E-state index in [1.165, 1.54) is 5.56 Å². The lowest BCUT2D eigenvalue weighted by molar-refractivity contribution is 0.0856. The molecule has 3 aromatic heterocycles. The summed E-state index contributed by atoms with van der Waals surface area (Å²) in [5.41, 5.74) is 3.18. The molecule has 1 unspecified atom stereocenters. The summed E-state index contributed by atoms with van der Waals surface area (Å²) < 4.78 is 5.55. The lowest BCUT2D eigenvalue weighted by Gasteiger charge is -2.29. The summed E-state index contributed by atoms with van der Waals surface area (Å²) in [5, 5.41) is 8.09. The van der Waals surface area contributed by atoms with Crippen molar-refractivity contribution in [3.05, 3.63) is 42.0 Å². The molecule has 0 radical (unpaired) electrons. The Morgan fingerprint density at radius 3 is 2.83 bits per heavy atom. The van der Waals surface area contributed by atoms with Crippen molar-refractivity contribution in [1.29, 1.82) is 0 Å². The molecule has 5 rings (SSSR count). The molecule has 3 N–H and O–H groups in total. The van der Waals surface area contributed by atoms with E-state index in [9.17, 15) is 0 Å². The van der Waals surface area contributed by atoms with E-state index >= 15 is 0 Å². The lowest BCUT2D eigenvalue weighted by Crippen LogP contribution is -2.44. The average Bonchev–Trinajstić information content (AvgIpc) is 3.26. The number of aromatic amines is 1. The van der Waals surface area contributed by atoms with Gasteiger partial charge in [0.1, 0.15) is 23.6 Å². The molecule has 0 spiro atoms. The third-order valence-electron chi connectivity index (χ3n) is 6.16. The fraction of sp³-hybridized carbons (Fsp3) is 0.500. The van der Waals surface area contributed by atoms with Crippen LogP contribution in [0.4, 0.5) is 11.6 Å². The van der Waals surface area contributed by atoms with E-state index in [1.807, 2.05) is 0 Å². The van der Waals surface area contributed by atoms with Crippen LogP contribution in [0.25, 0.3) is 11.0 Å². The second-order valence-corrected chi connectivity index (χ2v) is 8.10. The van der Waals surface area contributed by atoms with Crippen molar-refractivity contribution in [3.63, 3.8) is 0 Å². The first kappa shape index (κ1) is 19.3. The number of ether oxygens (including phenoxy) is 1. The molecule has 0 aromatic carbocycles. The van der Waals surface area contributed by atoms with Gasteiger partial charge in [0.05, 0.1) is 17.1 Å². The predicted octanol–water partition coefficient (Wildman–Crippen LogP) is 2.83. The molecule has 0 aliphatic carbocycles. The molecule has 30 heavy (non-hydrogen) atoms. The number of pyridine rings is 1. The zero-order valence-electron chi connectivity index (χ0n) is 17.4. The second-order valence-electron chi connectivity index (χ2n) is 8.10. The Hall–Kier alpha value is -2.71. The Bertz CT molecular complexity index is 992. The fourth-order valence-corrected chi connectivity index (χ4v) is 4.46. The second kappa shape index (κ2) is 8.57. The van der Waals surface area contributed by atoms with Gasteiger partial charge in [-0.25, -0.2) is 15.0 Å². The van der Waals surface area contributed by atoms with Gasteiger partial charge in [-0.05, 0) is 43.4 Å². The van der Waals surface area contributed by atoms with Gasteiger partial charge >= 0.3 is 0 Å². The standard InChI is InChI=1S/C22H29N7O/c1-15(18-3-2-4-19(28-18)29-9-7-23-8-10-29)27-22-20-17(16-5-11-30-12-6-16)13-24-21(20)25-14-26-22/h2-4,13-16,23H,5-12H2,1H3,(H2,24,25,26,27). The molecule has 0 saturated carbocycles. The summed E-state index contributed by atoms with van der Waals surface area (Å²) >= 11 is 0. The van der Waals surface area contributed by atoms with E-state index in [0.717, 1.165) is 80.6 Å². The van der Waals surface area contributed by atoms with Gasteiger partial charge < -0.3 is 25.3 Å². The van der Waals surface area contributed by atoms with Crippen LogP contribution in [-0.4, -0.2) is 59.3 Å². The predicted molar refractivity (Wildman–Crippen MR) is 118 cm³/mol. The van der Waals surface area contributed by atoms with Crippen LogP contribution in [0.2, 0.25) is 0 Å². The van der Waals surface area contributed by atoms with Crippen LogP contribution >= 0.6 is 0 Å². The van der Waals surface area contributed by atoms with Crippen molar-refractivity contribution in [1.82, 2.24) is 25.3 Å². The molecule has 2 saturated heterocycles. The molecule has 2 aliphatic heterocycles. The van der Waals surface area contributed by atoms with Gasteiger partial charge in [-0.1, -0.05) is 6.07 Å². The number of nitrogens with one attached hydrogen (secondary N) is 3.